The van der Waals surface area contributed by atoms with Crippen LogP contribution in [0.5, 0.6) is 0 Å². The molecule has 0 aliphatic heterocycles. The molecule has 2 rings (SSSR count). The van der Waals surface area contributed by atoms with E-state index in [1.807, 2.05) is 0 Å². The summed E-state index contributed by atoms with van der Waals surface area (Å²) in [6.45, 7) is 0. The molecule has 0 saturated heterocycles. The number of hydrogen-bond donors (Lipinski definition) is 0. The monoisotopic (exact) mass is 626 g/mol. The Hall–Kier alpha value is -2.20. The standard InChI is InChI=1S/2C9H2F9.Zn/c2*10-7(11,12)4-2-1-3-5(8(13,14)15)6(4)9(16,17)18;/h2*1-2H;. The van der Waals surface area contributed by atoms with E-state index in [0.717, 1.165) is 0 Å². The van der Waals surface area contributed by atoms with Crippen LogP contribution in [0, 0.1) is 0 Å². The first-order valence-electron chi connectivity index (χ1n) is 8.93. The first-order valence-corrected chi connectivity index (χ1v) is 11.9. The second-order valence-electron chi connectivity index (χ2n) is 7.21. The molecule has 2 aromatic rings. The molecular formula is C18H4F18Zn. The topological polar surface area (TPSA) is 0 Å². The van der Waals surface area contributed by atoms with Gasteiger partial charge in [-0.15, -0.1) is 0 Å². The Morgan fingerprint density at radius 3 is 0.757 bits per heavy atom. The number of halogens is 18. The molecule has 0 atom stereocenters. The normalized spacial score (nSPS) is 14.1. The Bertz CT molecular complexity index is 1060. The Morgan fingerprint density at radius 1 is 0.324 bits per heavy atom. The van der Waals surface area contributed by atoms with Gasteiger partial charge < -0.3 is 0 Å². The molecule has 0 unspecified atom stereocenters. The molecule has 37 heavy (non-hydrogen) atoms. The molecule has 0 radical (unpaired) electrons. The van der Waals surface area contributed by atoms with Crippen molar-refractivity contribution < 1.29 is 96.2 Å². The van der Waals surface area contributed by atoms with Crippen molar-refractivity contribution in [1.29, 1.82) is 0 Å². The SMILES string of the molecule is FC(F)(F)c1cc[c]([Zn][c]2ccc(C(F)(F)F)c(C(F)(F)F)c2C(F)(F)F)c(C(F)(F)F)c1C(F)(F)F. The van der Waals surface area contributed by atoms with E-state index in [1.165, 1.54) is 0 Å². The van der Waals surface area contributed by atoms with Gasteiger partial charge in [0.05, 0.1) is 0 Å². The third-order valence-corrected chi connectivity index (χ3v) is 8.78. The number of benzene rings is 2. The summed E-state index contributed by atoms with van der Waals surface area (Å²) in [5.41, 5.74) is -18.6. The van der Waals surface area contributed by atoms with E-state index in [1.54, 1.807) is 0 Å². The van der Waals surface area contributed by atoms with Gasteiger partial charge in [-0.25, -0.2) is 0 Å². The molecule has 0 aliphatic carbocycles. The predicted octanol–water partition coefficient (Wildman–Crippen LogP) is 7.83. The molecule has 0 aliphatic rings. The zero-order valence-electron chi connectivity index (χ0n) is 16.8. The first-order chi connectivity index (χ1) is 16.2. The molecule has 0 heterocycles. The van der Waals surface area contributed by atoms with Crippen LogP contribution in [0.25, 0.3) is 0 Å². The third-order valence-electron chi connectivity index (χ3n) is 4.71. The van der Waals surface area contributed by atoms with Crippen molar-refractivity contribution in [2.24, 2.45) is 0 Å². The summed E-state index contributed by atoms with van der Waals surface area (Å²) in [7, 11) is 0. The Labute approximate surface area is 199 Å². The molecule has 0 nitrogen and oxygen atoms in total. The molecule has 0 saturated carbocycles. The second-order valence-corrected chi connectivity index (χ2v) is 11.1. The fourth-order valence-corrected chi connectivity index (χ4v) is 7.68. The molecule has 0 N–H and O–H groups in total. The number of hydrogen-bond acceptors (Lipinski definition) is 0. The summed E-state index contributed by atoms with van der Waals surface area (Å²) >= 11 is -4.50. The van der Waals surface area contributed by atoms with E-state index >= 15 is 0 Å². The van der Waals surface area contributed by atoms with Crippen LogP contribution < -0.4 is 8.32 Å². The van der Waals surface area contributed by atoms with Crippen LogP contribution >= 0.6 is 0 Å². The van der Waals surface area contributed by atoms with Gasteiger partial charge in [-0.1, -0.05) is 0 Å². The predicted molar refractivity (Wildman–Crippen MR) is 82.2 cm³/mol. The molecule has 0 spiro atoms. The van der Waals surface area contributed by atoms with Gasteiger partial charge in [0, 0.05) is 0 Å². The molecule has 19 heteroatoms. The van der Waals surface area contributed by atoms with Gasteiger partial charge in [-0.05, 0) is 0 Å². The van der Waals surface area contributed by atoms with Gasteiger partial charge in [0.2, 0.25) is 0 Å². The van der Waals surface area contributed by atoms with Gasteiger partial charge in [0.25, 0.3) is 0 Å². The van der Waals surface area contributed by atoms with Gasteiger partial charge in [0.1, 0.15) is 0 Å². The summed E-state index contributed by atoms with van der Waals surface area (Å²) in [5, 5.41) is 0. The second kappa shape index (κ2) is 9.22. The molecule has 0 fully saturated rings. The van der Waals surface area contributed by atoms with Crippen molar-refractivity contribution in [3.8, 4) is 0 Å². The fraction of sp³-hybridized carbons (Fsp3) is 0.333. The summed E-state index contributed by atoms with van der Waals surface area (Å²) in [4.78, 5) is 0. The van der Waals surface area contributed by atoms with E-state index < -0.39 is 108 Å². The van der Waals surface area contributed by atoms with E-state index in [9.17, 15) is 79.0 Å². The average Bonchev–Trinajstić information content (AvgIpc) is 2.62. The van der Waals surface area contributed by atoms with Crippen LogP contribution in [0.4, 0.5) is 79.0 Å². The van der Waals surface area contributed by atoms with E-state index in [4.69, 9.17) is 0 Å². The molecule has 0 amide bonds. The molecule has 0 aromatic heterocycles. The minimum absolute atomic E-state index is 0.272. The van der Waals surface area contributed by atoms with Gasteiger partial charge in [-0.2, -0.15) is 0 Å². The summed E-state index contributed by atoms with van der Waals surface area (Å²) in [5.74, 6) is 0. The Morgan fingerprint density at radius 2 is 0.568 bits per heavy atom. The summed E-state index contributed by atoms with van der Waals surface area (Å²) in [6.07, 6.45) is -37.5. The van der Waals surface area contributed by atoms with Crippen LogP contribution in [0.2, 0.25) is 0 Å². The van der Waals surface area contributed by atoms with Gasteiger partial charge in [-0.3, -0.25) is 0 Å². The van der Waals surface area contributed by atoms with E-state index in [-0.39, 0.29) is 12.1 Å². The van der Waals surface area contributed by atoms with Crippen molar-refractivity contribution >= 4 is 8.32 Å². The minimum atomic E-state index is -6.39. The van der Waals surface area contributed by atoms with Crippen molar-refractivity contribution in [2.45, 2.75) is 37.1 Å². The molecule has 204 valence electrons. The van der Waals surface area contributed by atoms with Crippen LogP contribution in [-0.2, 0) is 54.2 Å². The summed E-state index contributed by atoms with van der Waals surface area (Å²) in [6, 6.07) is -1.63. The number of alkyl halides is 18. The molecule has 2 aromatic carbocycles. The average molecular weight is 628 g/mol. The zero-order valence-corrected chi connectivity index (χ0v) is 19.8. The molecular weight excluding hydrogens is 624 g/mol. The van der Waals surface area contributed by atoms with Crippen LogP contribution in [0.1, 0.15) is 33.4 Å². The van der Waals surface area contributed by atoms with Gasteiger partial charge in [0.15, 0.2) is 0 Å². The van der Waals surface area contributed by atoms with Crippen molar-refractivity contribution in [3.63, 3.8) is 0 Å². The first kappa shape index (κ1) is 31.0. The van der Waals surface area contributed by atoms with Crippen molar-refractivity contribution in [2.75, 3.05) is 0 Å². The van der Waals surface area contributed by atoms with Crippen LogP contribution in [0.3, 0.4) is 0 Å². The van der Waals surface area contributed by atoms with Crippen molar-refractivity contribution in [3.05, 3.63) is 57.6 Å². The Balaban J connectivity index is 3.05. The molecule has 0 bridgehead atoms. The van der Waals surface area contributed by atoms with Crippen LogP contribution in [0.15, 0.2) is 24.3 Å². The van der Waals surface area contributed by atoms with Crippen LogP contribution in [-0.4, -0.2) is 0 Å². The van der Waals surface area contributed by atoms with E-state index in [0.29, 0.717) is 0 Å². The Kier molecular flexibility index (Phi) is 7.73. The maximum absolute atomic E-state index is 13.5. The maximum atomic E-state index is 13.5. The number of rotatable bonds is 2. The summed E-state index contributed by atoms with van der Waals surface area (Å²) < 4.78 is 236. The van der Waals surface area contributed by atoms with Crippen molar-refractivity contribution in [1.82, 2.24) is 0 Å². The van der Waals surface area contributed by atoms with E-state index in [2.05, 4.69) is 0 Å². The quantitative estimate of drug-likeness (QED) is 0.235. The fourth-order valence-electron chi connectivity index (χ4n) is 3.50. The zero-order chi connectivity index (χ0) is 29.2. The third kappa shape index (κ3) is 6.63. The van der Waals surface area contributed by atoms with Gasteiger partial charge >= 0.3 is 199 Å².